The van der Waals surface area contributed by atoms with E-state index in [1.54, 1.807) is 23.1 Å². The Morgan fingerprint density at radius 3 is 2.29 bits per heavy atom. The molecular formula is C19H18F3N3O3. The second-order valence-corrected chi connectivity index (χ2v) is 6.19. The molecule has 0 unspecified atom stereocenters. The molecule has 1 fully saturated rings. The molecule has 2 aromatic carbocycles. The summed E-state index contributed by atoms with van der Waals surface area (Å²) in [4.78, 5) is 25.8. The average Bonchev–Trinajstić information content (AvgIpc) is 3.07. The molecule has 1 heterocycles. The number of halogens is 3. The molecule has 148 valence electrons. The molecule has 1 saturated heterocycles. The number of amides is 3. The highest BCUT2D eigenvalue weighted by Gasteiger charge is 2.30. The topological polar surface area (TPSA) is 70.7 Å². The third-order valence-electron chi connectivity index (χ3n) is 4.27. The Balaban J connectivity index is 1.71. The minimum absolute atomic E-state index is 0.0235. The Kier molecular flexibility index (Phi) is 5.43. The summed E-state index contributed by atoms with van der Waals surface area (Å²) >= 11 is 0. The number of alkyl halides is 3. The lowest BCUT2D eigenvalue weighted by molar-refractivity contribution is -0.137. The molecule has 6 nitrogen and oxygen atoms in total. The Hall–Kier alpha value is -3.23. The number of hydrogen-bond donors (Lipinski definition) is 2. The first-order valence-electron chi connectivity index (χ1n) is 8.51. The predicted octanol–water partition coefficient (Wildman–Crippen LogP) is 4.48. The van der Waals surface area contributed by atoms with Crippen LogP contribution in [0.5, 0.6) is 5.75 Å². The van der Waals surface area contributed by atoms with E-state index in [1.165, 1.54) is 19.2 Å². The molecule has 0 aromatic heterocycles. The molecule has 0 aliphatic carbocycles. The van der Waals surface area contributed by atoms with Gasteiger partial charge in [-0.25, -0.2) is 4.79 Å². The largest absolute Gasteiger partial charge is 0.495 e. The van der Waals surface area contributed by atoms with Crippen molar-refractivity contribution in [2.45, 2.75) is 19.0 Å². The summed E-state index contributed by atoms with van der Waals surface area (Å²) in [6.45, 7) is 0.566. The van der Waals surface area contributed by atoms with Crippen molar-refractivity contribution in [2.75, 3.05) is 29.2 Å². The van der Waals surface area contributed by atoms with Crippen molar-refractivity contribution >= 4 is 29.0 Å². The van der Waals surface area contributed by atoms with E-state index in [0.717, 1.165) is 18.6 Å². The molecule has 0 bridgehead atoms. The van der Waals surface area contributed by atoms with Crippen LogP contribution in [0.4, 0.5) is 35.0 Å². The van der Waals surface area contributed by atoms with Crippen LogP contribution in [0.2, 0.25) is 0 Å². The van der Waals surface area contributed by atoms with Crippen LogP contribution in [-0.2, 0) is 11.0 Å². The maximum atomic E-state index is 12.6. The smallest absolute Gasteiger partial charge is 0.416 e. The number of nitrogens with zero attached hydrogens (tertiary/aromatic N) is 1. The Bertz CT molecular complexity index is 882. The fraction of sp³-hybridized carbons (Fsp3) is 0.263. The third-order valence-corrected chi connectivity index (χ3v) is 4.27. The van der Waals surface area contributed by atoms with Crippen molar-refractivity contribution in [2.24, 2.45) is 0 Å². The van der Waals surface area contributed by atoms with Gasteiger partial charge in [0.25, 0.3) is 0 Å². The Labute approximate surface area is 159 Å². The van der Waals surface area contributed by atoms with Gasteiger partial charge in [-0.3, -0.25) is 4.79 Å². The van der Waals surface area contributed by atoms with Gasteiger partial charge in [-0.2, -0.15) is 13.2 Å². The van der Waals surface area contributed by atoms with E-state index in [1.807, 2.05) is 0 Å². The van der Waals surface area contributed by atoms with Gasteiger partial charge in [0, 0.05) is 24.3 Å². The fourth-order valence-corrected chi connectivity index (χ4v) is 2.92. The van der Waals surface area contributed by atoms with Crippen molar-refractivity contribution in [1.82, 2.24) is 0 Å². The van der Waals surface area contributed by atoms with Gasteiger partial charge in [0.1, 0.15) is 5.75 Å². The zero-order valence-corrected chi connectivity index (χ0v) is 15.0. The predicted molar refractivity (Wildman–Crippen MR) is 98.7 cm³/mol. The van der Waals surface area contributed by atoms with Crippen LogP contribution >= 0.6 is 0 Å². The van der Waals surface area contributed by atoms with Crippen molar-refractivity contribution in [1.29, 1.82) is 0 Å². The Morgan fingerprint density at radius 1 is 1.07 bits per heavy atom. The number of rotatable bonds is 4. The van der Waals surface area contributed by atoms with Gasteiger partial charge in [0.05, 0.1) is 18.4 Å². The Morgan fingerprint density at radius 2 is 1.71 bits per heavy atom. The molecule has 3 rings (SSSR count). The summed E-state index contributed by atoms with van der Waals surface area (Å²) in [5, 5.41) is 5.07. The third kappa shape index (κ3) is 4.36. The number of carbonyl (C=O) groups excluding carboxylic acids is 2. The summed E-state index contributed by atoms with van der Waals surface area (Å²) in [5.41, 5.74) is 0.389. The zero-order chi connectivity index (χ0) is 20.3. The first kappa shape index (κ1) is 19.5. The van der Waals surface area contributed by atoms with Crippen molar-refractivity contribution in [3.63, 3.8) is 0 Å². The van der Waals surface area contributed by atoms with E-state index in [2.05, 4.69) is 10.6 Å². The summed E-state index contributed by atoms with van der Waals surface area (Å²) in [7, 11) is 1.49. The highest BCUT2D eigenvalue weighted by molar-refractivity contribution is 6.01. The number of carbonyl (C=O) groups is 2. The molecule has 0 atom stereocenters. The van der Waals surface area contributed by atoms with Crippen LogP contribution in [0.25, 0.3) is 0 Å². The molecular weight excluding hydrogens is 375 g/mol. The van der Waals surface area contributed by atoms with Crippen LogP contribution in [-0.4, -0.2) is 25.6 Å². The van der Waals surface area contributed by atoms with Crippen LogP contribution in [0.1, 0.15) is 18.4 Å². The molecule has 28 heavy (non-hydrogen) atoms. The molecule has 0 radical (unpaired) electrons. The first-order valence-corrected chi connectivity index (χ1v) is 8.51. The number of hydrogen-bond acceptors (Lipinski definition) is 3. The highest BCUT2D eigenvalue weighted by atomic mass is 19.4. The van der Waals surface area contributed by atoms with Gasteiger partial charge in [0.15, 0.2) is 0 Å². The minimum Gasteiger partial charge on any atom is -0.495 e. The number of nitrogens with one attached hydrogen (secondary N) is 2. The van der Waals surface area contributed by atoms with E-state index in [0.29, 0.717) is 30.1 Å². The normalized spacial score (nSPS) is 14.1. The zero-order valence-electron chi connectivity index (χ0n) is 15.0. The quantitative estimate of drug-likeness (QED) is 0.804. The SMILES string of the molecule is COc1ccc(NC(=O)Nc2ccc(C(F)(F)F)cc2)cc1N1CCCC1=O. The van der Waals surface area contributed by atoms with Gasteiger partial charge >= 0.3 is 12.2 Å². The van der Waals surface area contributed by atoms with Crippen molar-refractivity contribution in [3.05, 3.63) is 48.0 Å². The summed E-state index contributed by atoms with van der Waals surface area (Å²) in [6.07, 6.45) is -3.24. The van der Waals surface area contributed by atoms with Crippen LogP contribution < -0.4 is 20.3 Å². The van der Waals surface area contributed by atoms with Gasteiger partial charge < -0.3 is 20.3 Å². The maximum absolute atomic E-state index is 12.6. The molecule has 1 aliphatic rings. The number of ether oxygens (including phenoxy) is 1. The first-order chi connectivity index (χ1) is 13.3. The maximum Gasteiger partial charge on any atom is 0.416 e. The summed E-state index contributed by atoms with van der Waals surface area (Å²) in [5.74, 6) is 0.480. The average molecular weight is 393 g/mol. The van der Waals surface area contributed by atoms with E-state index in [9.17, 15) is 22.8 Å². The van der Waals surface area contributed by atoms with Crippen molar-refractivity contribution < 1.29 is 27.5 Å². The van der Waals surface area contributed by atoms with Gasteiger partial charge in [-0.15, -0.1) is 0 Å². The van der Waals surface area contributed by atoms with E-state index < -0.39 is 17.8 Å². The van der Waals surface area contributed by atoms with E-state index >= 15 is 0 Å². The number of anilines is 3. The monoisotopic (exact) mass is 393 g/mol. The summed E-state index contributed by atoms with van der Waals surface area (Å²) in [6, 6.07) is 8.36. The van der Waals surface area contributed by atoms with E-state index in [-0.39, 0.29) is 11.6 Å². The number of urea groups is 1. The van der Waals surface area contributed by atoms with Crippen LogP contribution in [0.15, 0.2) is 42.5 Å². The minimum atomic E-state index is -4.44. The molecule has 0 saturated carbocycles. The number of methoxy groups -OCH3 is 1. The second kappa shape index (κ2) is 7.79. The lowest BCUT2D eigenvalue weighted by atomic mass is 10.2. The molecule has 0 spiro atoms. The summed E-state index contributed by atoms with van der Waals surface area (Å²) < 4.78 is 43.0. The molecule has 1 aliphatic heterocycles. The second-order valence-electron chi connectivity index (χ2n) is 6.19. The molecule has 9 heteroatoms. The van der Waals surface area contributed by atoms with Crippen LogP contribution in [0.3, 0.4) is 0 Å². The van der Waals surface area contributed by atoms with E-state index in [4.69, 9.17) is 4.74 Å². The standard InChI is InChI=1S/C19H18F3N3O3/c1-28-16-9-8-14(11-15(16)25-10-2-3-17(25)26)24-18(27)23-13-6-4-12(5-7-13)19(20,21)22/h4-9,11H,2-3,10H2,1H3,(H2,23,24,27). The van der Waals surface area contributed by atoms with Gasteiger partial charge in [-0.1, -0.05) is 0 Å². The number of benzene rings is 2. The molecule has 3 amide bonds. The van der Waals surface area contributed by atoms with Gasteiger partial charge in [0.2, 0.25) is 5.91 Å². The molecule has 2 N–H and O–H groups in total. The van der Waals surface area contributed by atoms with Crippen molar-refractivity contribution in [3.8, 4) is 5.75 Å². The van der Waals surface area contributed by atoms with Crippen LogP contribution in [0, 0.1) is 0 Å². The lowest BCUT2D eigenvalue weighted by Crippen LogP contribution is -2.25. The molecule has 2 aromatic rings. The fourth-order valence-electron chi connectivity index (χ4n) is 2.92. The van der Waals surface area contributed by atoms with Gasteiger partial charge in [-0.05, 0) is 48.9 Å². The lowest BCUT2D eigenvalue weighted by Gasteiger charge is -2.20. The highest BCUT2D eigenvalue weighted by Crippen LogP contribution is 2.34.